The van der Waals surface area contributed by atoms with E-state index < -0.39 is 5.97 Å². The SMILES string of the molecule is O=C(O)/C=C/c1cnc2c(c1)COCCN2. The number of aliphatic carboxylic acids is 1. The van der Waals surface area contributed by atoms with Crippen molar-refractivity contribution < 1.29 is 14.6 Å². The Balaban J connectivity index is 2.24. The molecule has 5 nitrogen and oxygen atoms in total. The lowest BCUT2D eigenvalue weighted by atomic mass is 10.2. The minimum absolute atomic E-state index is 0.504. The van der Waals surface area contributed by atoms with Gasteiger partial charge in [-0.3, -0.25) is 0 Å². The molecule has 1 aliphatic rings. The molecule has 0 spiro atoms. The number of carbonyl (C=O) groups is 1. The molecule has 16 heavy (non-hydrogen) atoms. The van der Waals surface area contributed by atoms with Crippen LogP contribution in [0.3, 0.4) is 0 Å². The zero-order chi connectivity index (χ0) is 11.4. The van der Waals surface area contributed by atoms with E-state index in [4.69, 9.17) is 9.84 Å². The molecule has 2 N–H and O–H groups in total. The molecule has 5 heteroatoms. The number of pyridine rings is 1. The third-order valence-corrected chi connectivity index (χ3v) is 2.20. The van der Waals surface area contributed by atoms with Crippen molar-refractivity contribution in [3.63, 3.8) is 0 Å². The van der Waals surface area contributed by atoms with Crippen molar-refractivity contribution in [1.29, 1.82) is 0 Å². The van der Waals surface area contributed by atoms with Crippen LogP contribution in [0.15, 0.2) is 18.3 Å². The molecule has 0 saturated carbocycles. The second-order valence-corrected chi connectivity index (χ2v) is 3.43. The summed E-state index contributed by atoms with van der Waals surface area (Å²) >= 11 is 0. The summed E-state index contributed by atoms with van der Waals surface area (Å²) in [7, 11) is 0. The number of fused-ring (bicyclic) bond motifs is 1. The predicted molar refractivity (Wildman–Crippen MR) is 59.1 cm³/mol. The number of ether oxygens (including phenoxy) is 1. The van der Waals surface area contributed by atoms with Crippen LogP contribution in [0, 0.1) is 0 Å². The monoisotopic (exact) mass is 220 g/mol. The molecule has 84 valence electrons. The molecule has 1 aromatic rings. The molecule has 1 aromatic heterocycles. The van der Waals surface area contributed by atoms with Crippen LogP contribution in [0.2, 0.25) is 0 Å². The fraction of sp³-hybridized carbons (Fsp3) is 0.273. The summed E-state index contributed by atoms with van der Waals surface area (Å²) in [5, 5.41) is 11.7. The number of aromatic nitrogens is 1. The number of nitrogens with zero attached hydrogens (tertiary/aromatic N) is 1. The topological polar surface area (TPSA) is 71.5 Å². The molecule has 0 amide bonds. The van der Waals surface area contributed by atoms with Gasteiger partial charge in [0.05, 0.1) is 13.2 Å². The van der Waals surface area contributed by atoms with E-state index in [-0.39, 0.29) is 0 Å². The van der Waals surface area contributed by atoms with E-state index in [1.807, 2.05) is 6.07 Å². The van der Waals surface area contributed by atoms with Gasteiger partial charge in [-0.25, -0.2) is 9.78 Å². The average molecular weight is 220 g/mol. The normalized spacial score (nSPS) is 15.2. The Bertz CT molecular complexity index is 429. The van der Waals surface area contributed by atoms with Crippen molar-refractivity contribution in [3.05, 3.63) is 29.5 Å². The fourth-order valence-corrected chi connectivity index (χ4v) is 1.48. The molecule has 0 atom stereocenters. The lowest BCUT2D eigenvalue weighted by Gasteiger charge is -2.05. The number of hydrogen-bond acceptors (Lipinski definition) is 4. The summed E-state index contributed by atoms with van der Waals surface area (Å²) < 4.78 is 5.36. The maximum absolute atomic E-state index is 10.4. The van der Waals surface area contributed by atoms with E-state index >= 15 is 0 Å². The number of hydrogen-bond donors (Lipinski definition) is 2. The van der Waals surface area contributed by atoms with Crippen molar-refractivity contribution in [2.75, 3.05) is 18.5 Å². The Kier molecular flexibility index (Phi) is 3.16. The van der Waals surface area contributed by atoms with Crippen molar-refractivity contribution in [2.45, 2.75) is 6.61 Å². The van der Waals surface area contributed by atoms with Gasteiger partial charge in [0, 0.05) is 24.4 Å². The maximum atomic E-state index is 10.4. The molecule has 0 bridgehead atoms. The van der Waals surface area contributed by atoms with Crippen LogP contribution in [-0.4, -0.2) is 29.2 Å². The number of carboxylic acid groups (broad SMARTS) is 1. The molecule has 2 rings (SSSR count). The summed E-state index contributed by atoms with van der Waals surface area (Å²) in [5.41, 5.74) is 1.71. The molecule has 0 saturated heterocycles. The van der Waals surface area contributed by atoms with Gasteiger partial charge in [0.15, 0.2) is 0 Å². The molecule has 0 aliphatic carbocycles. The van der Waals surface area contributed by atoms with Crippen molar-refractivity contribution in [3.8, 4) is 0 Å². The first-order valence-electron chi connectivity index (χ1n) is 4.97. The minimum atomic E-state index is -0.968. The molecule has 0 fully saturated rings. The molecular weight excluding hydrogens is 208 g/mol. The number of nitrogens with one attached hydrogen (secondary N) is 1. The highest BCUT2D eigenvalue weighted by Gasteiger charge is 2.08. The third-order valence-electron chi connectivity index (χ3n) is 2.20. The molecule has 0 aromatic carbocycles. The summed E-state index contributed by atoms with van der Waals surface area (Å²) in [6.07, 6.45) is 4.24. The van der Waals surface area contributed by atoms with Gasteiger partial charge >= 0.3 is 5.97 Å². The predicted octanol–water partition coefficient (Wildman–Crippen LogP) is 1.12. The van der Waals surface area contributed by atoms with Crippen LogP contribution >= 0.6 is 0 Å². The van der Waals surface area contributed by atoms with Gasteiger partial charge < -0.3 is 15.2 Å². The first kappa shape index (κ1) is 10.6. The minimum Gasteiger partial charge on any atom is -0.478 e. The van der Waals surface area contributed by atoms with Crippen LogP contribution < -0.4 is 5.32 Å². The highest BCUT2D eigenvalue weighted by Crippen LogP contribution is 2.18. The van der Waals surface area contributed by atoms with E-state index in [0.717, 1.165) is 29.6 Å². The van der Waals surface area contributed by atoms with Gasteiger partial charge in [-0.1, -0.05) is 0 Å². The third kappa shape index (κ3) is 2.58. The Morgan fingerprint density at radius 2 is 2.50 bits per heavy atom. The molecule has 2 heterocycles. The average Bonchev–Trinajstić information content (AvgIpc) is 2.50. The lowest BCUT2D eigenvalue weighted by Crippen LogP contribution is -2.05. The number of carboxylic acids is 1. The van der Waals surface area contributed by atoms with E-state index in [1.165, 1.54) is 6.08 Å². The number of anilines is 1. The van der Waals surface area contributed by atoms with Gasteiger partial charge in [-0.15, -0.1) is 0 Å². The summed E-state index contributed by atoms with van der Waals surface area (Å²) in [6, 6.07) is 1.88. The van der Waals surface area contributed by atoms with E-state index in [2.05, 4.69) is 10.3 Å². The Morgan fingerprint density at radius 1 is 1.62 bits per heavy atom. The highest BCUT2D eigenvalue weighted by molar-refractivity contribution is 5.85. The van der Waals surface area contributed by atoms with Gasteiger partial charge in [0.25, 0.3) is 0 Å². The van der Waals surface area contributed by atoms with Gasteiger partial charge in [0.2, 0.25) is 0 Å². The molecule has 1 aliphatic heterocycles. The van der Waals surface area contributed by atoms with Crippen LogP contribution in [0.1, 0.15) is 11.1 Å². The molecule has 0 radical (unpaired) electrons. The van der Waals surface area contributed by atoms with Crippen LogP contribution in [0.4, 0.5) is 5.82 Å². The van der Waals surface area contributed by atoms with Crippen LogP contribution in [-0.2, 0) is 16.1 Å². The van der Waals surface area contributed by atoms with Gasteiger partial charge in [-0.05, 0) is 17.7 Å². The largest absolute Gasteiger partial charge is 0.478 e. The summed E-state index contributed by atoms with van der Waals surface area (Å²) in [6.45, 7) is 1.89. The second kappa shape index (κ2) is 4.76. The van der Waals surface area contributed by atoms with Gasteiger partial charge in [-0.2, -0.15) is 0 Å². The first-order valence-corrected chi connectivity index (χ1v) is 4.97. The maximum Gasteiger partial charge on any atom is 0.328 e. The Hall–Kier alpha value is -1.88. The quantitative estimate of drug-likeness (QED) is 0.731. The smallest absolute Gasteiger partial charge is 0.328 e. The molecule has 0 unspecified atom stereocenters. The Labute approximate surface area is 92.8 Å². The fourth-order valence-electron chi connectivity index (χ4n) is 1.48. The second-order valence-electron chi connectivity index (χ2n) is 3.43. The van der Waals surface area contributed by atoms with E-state index in [0.29, 0.717) is 13.2 Å². The molecular formula is C11H12N2O3. The Morgan fingerprint density at radius 3 is 3.31 bits per heavy atom. The van der Waals surface area contributed by atoms with E-state index in [9.17, 15) is 4.79 Å². The van der Waals surface area contributed by atoms with Gasteiger partial charge in [0.1, 0.15) is 5.82 Å². The summed E-state index contributed by atoms with van der Waals surface area (Å²) in [4.78, 5) is 14.6. The number of rotatable bonds is 2. The van der Waals surface area contributed by atoms with Crippen molar-refractivity contribution in [1.82, 2.24) is 4.98 Å². The zero-order valence-electron chi connectivity index (χ0n) is 8.64. The van der Waals surface area contributed by atoms with E-state index in [1.54, 1.807) is 6.20 Å². The standard InChI is InChI=1S/C11H12N2O3/c14-10(15)2-1-8-5-9-7-16-4-3-12-11(9)13-6-8/h1-2,5-6H,3-4,7H2,(H,12,13)(H,14,15)/b2-1+. The van der Waals surface area contributed by atoms with Crippen LogP contribution in [0.25, 0.3) is 6.08 Å². The van der Waals surface area contributed by atoms with Crippen molar-refractivity contribution >= 4 is 17.9 Å². The van der Waals surface area contributed by atoms with Crippen molar-refractivity contribution in [2.24, 2.45) is 0 Å². The summed E-state index contributed by atoms with van der Waals surface area (Å²) in [5.74, 6) is -0.158. The lowest BCUT2D eigenvalue weighted by molar-refractivity contribution is -0.131. The highest BCUT2D eigenvalue weighted by atomic mass is 16.5. The zero-order valence-corrected chi connectivity index (χ0v) is 8.64. The van der Waals surface area contributed by atoms with Crippen LogP contribution in [0.5, 0.6) is 0 Å². The first-order chi connectivity index (χ1) is 7.75.